The molecule has 2 N–H and O–H groups in total. The Hall–Kier alpha value is -2.48. The molecule has 1 unspecified atom stereocenters. The normalized spacial score (nSPS) is 13.0. The molecule has 1 atom stereocenters. The van der Waals surface area contributed by atoms with Crippen LogP contribution in [0.3, 0.4) is 0 Å². The number of unbranched alkanes of at least 4 members (excludes halogenated alkanes) is 1. The fraction of sp³-hybridized carbons (Fsp3) is 0.286. The van der Waals surface area contributed by atoms with Crippen LogP contribution in [0.5, 0.6) is 0 Å². The molecule has 0 aliphatic rings. The van der Waals surface area contributed by atoms with Gasteiger partial charge in [0.1, 0.15) is 0 Å². The third kappa shape index (κ3) is 5.51. The fourth-order valence-corrected chi connectivity index (χ4v) is 4.57. The number of carbonyl (C=O) groups is 1. The second-order valence-electron chi connectivity index (χ2n) is 6.44. The molecule has 0 fully saturated rings. The number of hydroxylamine groups is 1. The molecule has 6 nitrogen and oxygen atoms in total. The van der Waals surface area contributed by atoms with Crippen LogP contribution in [0.25, 0.3) is 6.08 Å². The lowest BCUT2D eigenvalue weighted by molar-refractivity contribution is -0.124. The Labute approximate surface area is 166 Å². The molecule has 150 valence electrons. The van der Waals surface area contributed by atoms with Gasteiger partial charge in [-0.1, -0.05) is 55.8 Å². The lowest BCUT2D eigenvalue weighted by atomic mass is 10.1. The summed E-state index contributed by atoms with van der Waals surface area (Å²) in [5.41, 5.74) is 2.98. The molecule has 0 radical (unpaired) electrons. The second kappa shape index (κ2) is 10.2. The summed E-state index contributed by atoms with van der Waals surface area (Å²) in [5, 5.41) is 8.57. The molecular formula is C21H26N2O4S. The summed E-state index contributed by atoms with van der Waals surface area (Å²) in [6.07, 6.45) is 4.22. The van der Waals surface area contributed by atoms with Crippen LogP contribution in [-0.4, -0.2) is 30.4 Å². The molecule has 0 aromatic heterocycles. The van der Waals surface area contributed by atoms with E-state index >= 15 is 0 Å². The Bertz CT molecular complexity index is 911. The van der Waals surface area contributed by atoms with Crippen molar-refractivity contribution in [3.63, 3.8) is 0 Å². The first-order chi connectivity index (χ1) is 13.4. The number of sulfonamides is 1. The van der Waals surface area contributed by atoms with Crippen molar-refractivity contribution >= 4 is 22.0 Å². The number of benzene rings is 2. The average Bonchev–Trinajstić information content (AvgIpc) is 2.72. The first-order valence-electron chi connectivity index (χ1n) is 9.19. The van der Waals surface area contributed by atoms with Gasteiger partial charge in [-0.2, -0.15) is 4.31 Å². The Balaban J connectivity index is 2.39. The van der Waals surface area contributed by atoms with Gasteiger partial charge < -0.3 is 0 Å². The molecule has 0 saturated carbocycles. The number of hydrogen-bond donors (Lipinski definition) is 2. The van der Waals surface area contributed by atoms with Crippen LogP contribution >= 0.6 is 0 Å². The predicted molar refractivity (Wildman–Crippen MR) is 109 cm³/mol. The van der Waals surface area contributed by atoms with Crippen molar-refractivity contribution < 1.29 is 18.4 Å². The maximum atomic E-state index is 13.4. The molecular weight excluding hydrogens is 376 g/mol. The van der Waals surface area contributed by atoms with Crippen LogP contribution in [0.15, 0.2) is 65.6 Å². The van der Waals surface area contributed by atoms with E-state index in [4.69, 9.17) is 5.21 Å². The summed E-state index contributed by atoms with van der Waals surface area (Å²) in [6, 6.07) is 15.6. The average molecular weight is 403 g/mol. The van der Waals surface area contributed by atoms with Gasteiger partial charge in [0.2, 0.25) is 10.0 Å². The summed E-state index contributed by atoms with van der Waals surface area (Å²) in [5.74, 6) is -0.685. The molecule has 28 heavy (non-hydrogen) atoms. The second-order valence-corrected chi connectivity index (χ2v) is 8.33. The SMILES string of the molecule is CCCCN(C(C)c1ccccc1)S(=O)(=O)c1cccc(/C=C/C(=O)NO)c1. The lowest BCUT2D eigenvalue weighted by Crippen LogP contribution is -2.34. The maximum Gasteiger partial charge on any atom is 0.267 e. The Kier molecular flexibility index (Phi) is 7.92. The highest BCUT2D eigenvalue weighted by Crippen LogP contribution is 2.28. The Morgan fingerprint density at radius 2 is 1.89 bits per heavy atom. The molecule has 2 aromatic rings. The first kappa shape index (κ1) is 21.8. The van der Waals surface area contributed by atoms with Gasteiger partial charge in [0.25, 0.3) is 5.91 Å². The zero-order valence-corrected chi connectivity index (χ0v) is 16.9. The van der Waals surface area contributed by atoms with Crippen molar-refractivity contribution in [1.29, 1.82) is 0 Å². The Morgan fingerprint density at radius 1 is 1.18 bits per heavy atom. The highest BCUT2D eigenvalue weighted by Gasteiger charge is 2.29. The molecule has 0 bridgehead atoms. The van der Waals surface area contributed by atoms with E-state index in [9.17, 15) is 13.2 Å². The lowest BCUT2D eigenvalue weighted by Gasteiger charge is -2.29. The van der Waals surface area contributed by atoms with Crippen LogP contribution in [-0.2, 0) is 14.8 Å². The zero-order valence-electron chi connectivity index (χ0n) is 16.1. The van der Waals surface area contributed by atoms with Crippen LogP contribution in [0.1, 0.15) is 43.9 Å². The van der Waals surface area contributed by atoms with E-state index in [-0.39, 0.29) is 10.9 Å². The maximum absolute atomic E-state index is 13.4. The van der Waals surface area contributed by atoms with Crippen molar-refractivity contribution in [2.45, 2.75) is 37.6 Å². The molecule has 7 heteroatoms. The number of hydrogen-bond acceptors (Lipinski definition) is 4. The number of nitrogens with zero attached hydrogens (tertiary/aromatic N) is 1. The summed E-state index contributed by atoms with van der Waals surface area (Å²) in [4.78, 5) is 11.3. The third-order valence-corrected chi connectivity index (χ3v) is 6.41. The molecule has 1 amide bonds. The largest absolute Gasteiger partial charge is 0.288 e. The standard InChI is InChI=1S/C21H26N2O4S/c1-3-4-15-23(17(2)19-10-6-5-7-11-19)28(26,27)20-12-8-9-18(16-20)13-14-21(24)22-25/h5-14,16-17,25H,3-4,15H2,1-2H3,(H,22,24)/b14-13+. The van der Waals surface area contributed by atoms with E-state index in [1.54, 1.807) is 18.2 Å². The molecule has 0 aliphatic heterocycles. The van der Waals surface area contributed by atoms with Crippen molar-refractivity contribution in [3.8, 4) is 0 Å². The molecule has 2 aromatic carbocycles. The highest BCUT2D eigenvalue weighted by atomic mass is 32.2. The van der Waals surface area contributed by atoms with Gasteiger partial charge >= 0.3 is 0 Å². The highest BCUT2D eigenvalue weighted by molar-refractivity contribution is 7.89. The fourth-order valence-electron chi connectivity index (χ4n) is 2.86. The number of amides is 1. The van der Waals surface area contributed by atoms with Gasteiger partial charge in [0.05, 0.1) is 4.90 Å². The first-order valence-corrected chi connectivity index (χ1v) is 10.6. The van der Waals surface area contributed by atoms with Crippen LogP contribution in [0.4, 0.5) is 0 Å². The van der Waals surface area contributed by atoms with Crippen molar-refractivity contribution in [2.24, 2.45) is 0 Å². The van der Waals surface area contributed by atoms with Gasteiger partial charge in [-0.05, 0) is 42.7 Å². The van der Waals surface area contributed by atoms with Gasteiger partial charge in [0, 0.05) is 18.7 Å². The van der Waals surface area contributed by atoms with Crippen LogP contribution in [0.2, 0.25) is 0 Å². The van der Waals surface area contributed by atoms with Gasteiger partial charge in [0.15, 0.2) is 0 Å². The quantitative estimate of drug-likeness (QED) is 0.380. The third-order valence-electron chi connectivity index (χ3n) is 4.45. The van der Waals surface area contributed by atoms with E-state index in [2.05, 4.69) is 0 Å². The molecule has 0 aliphatic carbocycles. The van der Waals surface area contributed by atoms with Gasteiger partial charge in [-0.3, -0.25) is 10.0 Å². The monoisotopic (exact) mass is 402 g/mol. The number of rotatable bonds is 9. The molecule has 2 rings (SSSR count). The van der Waals surface area contributed by atoms with E-state index in [1.807, 2.05) is 44.2 Å². The zero-order chi connectivity index (χ0) is 20.6. The van der Waals surface area contributed by atoms with Crippen LogP contribution in [0, 0.1) is 0 Å². The van der Waals surface area contributed by atoms with E-state index in [0.29, 0.717) is 12.1 Å². The predicted octanol–water partition coefficient (Wildman–Crippen LogP) is 3.76. The minimum absolute atomic E-state index is 0.165. The Morgan fingerprint density at radius 3 is 2.54 bits per heavy atom. The summed E-state index contributed by atoms with van der Waals surface area (Å²) < 4.78 is 28.3. The van der Waals surface area contributed by atoms with Gasteiger partial charge in [-0.15, -0.1) is 0 Å². The molecule has 0 saturated heterocycles. The van der Waals surface area contributed by atoms with E-state index < -0.39 is 15.9 Å². The number of nitrogens with one attached hydrogen (secondary N) is 1. The molecule has 0 heterocycles. The van der Waals surface area contributed by atoms with Crippen molar-refractivity contribution in [3.05, 3.63) is 71.8 Å². The summed E-state index contributed by atoms with van der Waals surface area (Å²) in [7, 11) is -3.74. The minimum Gasteiger partial charge on any atom is -0.288 e. The minimum atomic E-state index is -3.74. The topological polar surface area (TPSA) is 86.7 Å². The summed E-state index contributed by atoms with van der Waals surface area (Å²) in [6.45, 7) is 4.33. The van der Waals surface area contributed by atoms with Crippen molar-refractivity contribution in [2.75, 3.05) is 6.54 Å². The van der Waals surface area contributed by atoms with Crippen LogP contribution < -0.4 is 5.48 Å². The van der Waals surface area contributed by atoms with Crippen molar-refractivity contribution in [1.82, 2.24) is 9.79 Å². The van der Waals surface area contributed by atoms with E-state index in [0.717, 1.165) is 24.5 Å². The summed E-state index contributed by atoms with van der Waals surface area (Å²) >= 11 is 0. The van der Waals surface area contributed by atoms with E-state index in [1.165, 1.54) is 21.9 Å². The van der Waals surface area contributed by atoms with Gasteiger partial charge in [-0.25, -0.2) is 13.9 Å². The molecule has 0 spiro atoms. The smallest absolute Gasteiger partial charge is 0.267 e. The number of carbonyl (C=O) groups excluding carboxylic acids is 1.